The van der Waals surface area contributed by atoms with Gasteiger partial charge in [-0.15, -0.1) is 11.3 Å². The molecular formula is C13H9NO2S. The monoisotopic (exact) mass is 243 g/mol. The van der Waals surface area contributed by atoms with E-state index in [9.17, 15) is 4.79 Å². The van der Waals surface area contributed by atoms with Gasteiger partial charge in [-0.25, -0.2) is 4.79 Å². The van der Waals surface area contributed by atoms with Crippen LogP contribution in [0.4, 0.5) is 0 Å². The molecule has 17 heavy (non-hydrogen) atoms. The van der Waals surface area contributed by atoms with Crippen LogP contribution < -0.4 is 0 Å². The first-order valence-electron chi connectivity index (χ1n) is 5.00. The lowest BCUT2D eigenvalue weighted by Gasteiger charge is -1.99. The number of aromatic carboxylic acids is 1. The lowest BCUT2D eigenvalue weighted by molar-refractivity contribution is 0.0697. The van der Waals surface area contributed by atoms with Crippen LogP contribution in [-0.2, 0) is 6.42 Å². The van der Waals surface area contributed by atoms with E-state index >= 15 is 0 Å². The molecule has 1 aromatic heterocycles. The molecule has 0 aliphatic rings. The molecule has 0 spiro atoms. The van der Waals surface area contributed by atoms with E-state index in [0.717, 1.165) is 15.3 Å². The molecule has 1 heterocycles. The van der Waals surface area contributed by atoms with Gasteiger partial charge in [0.1, 0.15) is 0 Å². The summed E-state index contributed by atoms with van der Waals surface area (Å²) in [5.74, 6) is -0.930. The lowest BCUT2D eigenvalue weighted by Crippen LogP contribution is -1.95. The van der Waals surface area contributed by atoms with Crippen molar-refractivity contribution in [3.63, 3.8) is 0 Å². The Morgan fingerprint density at radius 2 is 2.18 bits per heavy atom. The normalized spacial score (nSPS) is 9.82. The molecule has 0 unspecified atom stereocenters. The fourth-order valence-electron chi connectivity index (χ4n) is 1.51. The maximum absolute atomic E-state index is 10.9. The summed E-state index contributed by atoms with van der Waals surface area (Å²) >= 11 is 1.52. The summed E-state index contributed by atoms with van der Waals surface area (Å²) in [5, 5.41) is 17.5. The summed E-state index contributed by atoms with van der Waals surface area (Å²) in [6.07, 6.45) is 0.392. The third kappa shape index (κ3) is 2.52. The molecule has 3 nitrogen and oxygen atoms in total. The Bertz CT molecular complexity index is 595. The predicted molar refractivity (Wildman–Crippen MR) is 66.0 cm³/mol. The molecule has 0 aliphatic heterocycles. The smallest absolute Gasteiger partial charge is 0.335 e. The van der Waals surface area contributed by atoms with Crippen molar-refractivity contribution in [3.05, 3.63) is 46.8 Å². The van der Waals surface area contributed by atoms with E-state index in [0.29, 0.717) is 6.42 Å². The summed E-state index contributed by atoms with van der Waals surface area (Å²) < 4.78 is 0. The van der Waals surface area contributed by atoms with Crippen LogP contribution in [0.5, 0.6) is 0 Å². The van der Waals surface area contributed by atoms with E-state index in [4.69, 9.17) is 10.4 Å². The Hall–Kier alpha value is -2.12. The van der Waals surface area contributed by atoms with Gasteiger partial charge in [0.25, 0.3) is 0 Å². The second-order valence-electron chi connectivity index (χ2n) is 3.49. The predicted octanol–water partition coefficient (Wildman–Crippen LogP) is 3.18. The number of carboxylic acids is 1. The average molecular weight is 243 g/mol. The topological polar surface area (TPSA) is 61.1 Å². The van der Waals surface area contributed by atoms with Crippen molar-refractivity contribution in [2.24, 2.45) is 0 Å². The summed E-state index contributed by atoms with van der Waals surface area (Å²) in [7, 11) is 0. The number of carboxylic acid groups (broad SMARTS) is 1. The Kier molecular flexibility index (Phi) is 3.22. The summed E-state index contributed by atoms with van der Waals surface area (Å²) in [6, 6.07) is 12.7. The van der Waals surface area contributed by atoms with Crippen molar-refractivity contribution < 1.29 is 9.90 Å². The standard InChI is InChI=1S/C13H9NO2S/c14-7-6-11-4-5-12(17-11)9-2-1-3-10(8-9)13(15)16/h1-5,8H,6H2,(H,15,16). The highest BCUT2D eigenvalue weighted by atomic mass is 32.1. The molecule has 2 aromatic rings. The Morgan fingerprint density at radius 3 is 2.88 bits per heavy atom. The molecule has 1 N–H and O–H groups in total. The van der Waals surface area contributed by atoms with E-state index in [-0.39, 0.29) is 5.56 Å². The van der Waals surface area contributed by atoms with Crippen molar-refractivity contribution in [3.8, 4) is 16.5 Å². The van der Waals surface area contributed by atoms with E-state index in [2.05, 4.69) is 6.07 Å². The van der Waals surface area contributed by atoms with Crippen molar-refractivity contribution in [2.75, 3.05) is 0 Å². The van der Waals surface area contributed by atoms with Gasteiger partial charge in [0, 0.05) is 9.75 Å². The van der Waals surface area contributed by atoms with Crippen molar-refractivity contribution in [1.82, 2.24) is 0 Å². The maximum atomic E-state index is 10.9. The molecule has 0 bridgehead atoms. The number of nitrogens with zero attached hydrogens (tertiary/aromatic N) is 1. The van der Waals surface area contributed by atoms with Crippen LogP contribution in [0.2, 0.25) is 0 Å². The van der Waals surface area contributed by atoms with E-state index in [1.807, 2.05) is 18.2 Å². The number of thiophene rings is 1. The highest BCUT2D eigenvalue weighted by Gasteiger charge is 2.06. The third-order valence-corrected chi connectivity index (χ3v) is 3.44. The maximum Gasteiger partial charge on any atom is 0.335 e. The fraction of sp³-hybridized carbons (Fsp3) is 0.0769. The minimum absolute atomic E-state index is 0.276. The molecule has 0 atom stereocenters. The van der Waals surface area contributed by atoms with E-state index < -0.39 is 5.97 Å². The van der Waals surface area contributed by atoms with Crippen LogP contribution in [-0.4, -0.2) is 11.1 Å². The zero-order valence-corrected chi connectivity index (χ0v) is 9.70. The van der Waals surface area contributed by atoms with Crippen molar-refractivity contribution in [1.29, 1.82) is 5.26 Å². The first-order chi connectivity index (χ1) is 8.20. The first-order valence-corrected chi connectivity index (χ1v) is 5.82. The summed E-state index contributed by atoms with van der Waals surface area (Å²) in [4.78, 5) is 12.8. The zero-order valence-electron chi connectivity index (χ0n) is 8.88. The summed E-state index contributed by atoms with van der Waals surface area (Å²) in [5.41, 5.74) is 1.15. The van der Waals surface area contributed by atoms with Crippen LogP contribution >= 0.6 is 11.3 Å². The highest BCUT2D eigenvalue weighted by Crippen LogP contribution is 2.28. The van der Waals surface area contributed by atoms with E-state index in [1.54, 1.807) is 18.2 Å². The molecule has 4 heteroatoms. The number of hydrogen-bond acceptors (Lipinski definition) is 3. The minimum atomic E-state index is -0.930. The fourth-order valence-corrected chi connectivity index (χ4v) is 2.45. The van der Waals surface area contributed by atoms with Gasteiger partial charge >= 0.3 is 5.97 Å². The number of carbonyl (C=O) groups is 1. The second kappa shape index (κ2) is 4.81. The van der Waals surface area contributed by atoms with Crippen LogP contribution in [0, 0.1) is 11.3 Å². The van der Waals surface area contributed by atoms with Gasteiger partial charge in [-0.05, 0) is 29.8 Å². The SMILES string of the molecule is N#CCc1ccc(-c2cccc(C(=O)O)c2)s1. The minimum Gasteiger partial charge on any atom is -0.478 e. The number of benzene rings is 1. The molecule has 0 fully saturated rings. The molecule has 84 valence electrons. The summed E-state index contributed by atoms with van der Waals surface area (Å²) in [6.45, 7) is 0. The molecule has 2 rings (SSSR count). The number of hydrogen-bond donors (Lipinski definition) is 1. The molecule has 1 aromatic carbocycles. The van der Waals surface area contributed by atoms with Gasteiger partial charge in [0.15, 0.2) is 0 Å². The molecule has 0 saturated heterocycles. The third-order valence-electron chi connectivity index (χ3n) is 2.31. The molecule has 0 amide bonds. The van der Waals surface area contributed by atoms with Gasteiger partial charge < -0.3 is 5.11 Å². The molecule has 0 radical (unpaired) electrons. The van der Waals surface area contributed by atoms with Gasteiger partial charge in [-0.3, -0.25) is 0 Å². The van der Waals surface area contributed by atoms with Gasteiger partial charge in [-0.2, -0.15) is 5.26 Å². The van der Waals surface area contributed by atoms with Crippen LogP contribution in [0.1, 0.15) is 15.2 Å². The lowest BCUT2D eigenvalue weighted by atomic mass is 10.1. The van der Waals surface area contributed by atoms with Gasteiger partial charge in [0.2, 0.25) is 0 Å². The molecular weight excluding hydrogens is 234 g/mol. The van der Waals surface area contributed by atoms with E-state index in [1.165, 1.54) is 11.3 Å². The average Bonchev–Trinajstić information content (AvgIpc) is 2.78. The number of rotatable bonds is 3. The van der Waals surface area contributed by atoms with Crippen molar-refractivity contribution >= 4 is 17.3 Å². The first kappa shape index (κ1) is 11.4. The Morgan fingerprint density at radius 1 is 1.35 bits per heavy atom. The van der Waals surface area contributed by atoms with Crippen LogP contribution in [0.15, 0.2) is 36.4 Å². The van der Waals surface area contributed by atoms with Crippen LogP contribution in [0.3, 0.4) is 0 Å². The van der Waals surface area contributed by atoms with Gasteiger partial charge in [-0.1, -0.05) is 12.1 Å². The van der Waals surface area contributed by atoms with Gasteiger partial charge in [0.05, 0.1) is 18.1 Å². The Labute approximate surface area is 103 Å². The Balaban J connectivity index is 2.36. The number of nitriles is 1. The second-order valence-corrected chi connectivity index (χ2v) is 4.66. The van der Waals surface area contributed by atoms with Crippen molar-refractivity contribution in [2.45, 2.75) is 6.42 Å². The quantitative estimate of drug-likeness (QED) is 0.900. The zero-order chi connectivity index (χ0) is 12.3. The molecule has 0 saturated carbocycles. The highest BCUT2D eigenvalue weighted by molar-refractivity contribution is 7.15. The van der Waals surface area contributed by atoms with Crippen LogP contribution in [0.25, 0.3) is 10.4 Å². The molecule has 0 aliphatic carbocycles. The largest absolute Gasteiger partial charge is 0.478 e.